The molecular weight excluding hydrogens is 254 g/mol. The molecule has 1 heterocycles. The molecule has 2 unspecified atom stereocenters. The SMILES string of the molecule is Cc1ccc(C)c(C(C)N2CCOCC2CC(=O)O)c1. The van der Waals surface area contributed by atoms with Crippen molar-refractivity contribution in [2.24, 2.45) is 0 Å². The summed E-state index contributed by atoms with van der Waals surface area (Å²) in [6.07, 6.45) is 0.134. The Hall–Kier alpha value is -1.39. The minimum Gasteiger partial charge on any atom is -0.481 e. The summed E-state index contributed by atoms with van der Waals surface area (Å²) in [5.41, 5.74) is 3.77. The van der Waals surface area contributed by atoms with Crippen molar-refractivity contribution < 1.29 is 14.6 Å². The van der Waals surface area contributed by atoms with E-state index < -0.39 is 5.97 Å². The zero-order valence-electron chi connectivity index (χ0n) is 12.4. The maximum absolute atomic E-state index is 11.0. The number of ether oxygens (including phenoxy) is 1. The number of carboxylic acids is 1. The summed E-state index contributed by atoms with van der Waals surface area (Å²) in [7, 11) is 0. The van der Waals surface area contributed by atoms with E-state index in [9.17, 15) is 4.79 Å². The van der Waals surface area contributed by atoms with Gasteiger partial charge in [-0.15, -0.1) is 0 Å². The first kappa shape index (κ1) is 15.0. The number of nitrogens with zero attached hydrogens (tertiary/aromatic N) is 1. The first-order valence-electron chi connectivity index (χ1n) is 7.11. The van der Waals surface area contributed by atoms with Crippen molar-refractivity contribution in [3.63, 3.8) is 0 Å². The van der Waals surface area contributed by atoms with Crippen molar-refractivity contribution in [3.8, 4) is 0 Å². The molecule has 0 bridgehead atoms. The molecule has 2 atom stereocenters. The predicted molar refractivity (Wildman–Crippen MR) is 77.9 cm³/mol. The third-order valence-corrected chi connectivity index (χ3v) is 4.07. The van der Waals surface area contributed by atoms with Gasteiger partial charge in [0, 0.05) is 18.6 Å². The molecule has 0 aromatic heterocycles. The van der Waals surface area contributed by atoms with Gasteiger partial charge in [0.1, 0.15) is 0 Å². The van der Waals surface area contributed by atoms with E-state index in [1.54, 1.807) is 0 Å². The Labute approximate surface area is 120 Å². The number of aryl methyl sites for hydroxylation is 2. The Bertz CT molecular complexity index is 487. The minimum absolute atomic E-state index is 0.0452. The third-order valence-electron chi connectivity index (χ3n) is 4.07. The number of benzene rings is 1. The smallest absolute Gasteiger partial charge is 0.305 e. The Kier molecular flexibility index (Phi) is 4.78. The van der Waals surface area contributed by atoms with Crippen molar-refractivity contribution in [2.45, 2.75) is 39.3 Å². The Morgan fingerprint density at radius 1 is 1.50 bits per heavy atom. The van der Waals surface area contributed by atoms with Crippen LogP contribution in [0.4, 0.5) is 0 Å². The molecule has 0 radical (unpaired) electrons. The number of morpholine rings is 1. The number of rotatable bonds is 4. The number of hydrogen-bond donors (Lipinski definition) is 1. The van der Waals surface area contributed by atoms with Crippen LogP contribution in [0.25, 0.3) is 0 Å². The van der Waals surface area contributed by atoms with Crippen LogP contribution in [0.5, 0.6) is 0 Å². The van der Waals surface area contributed by atoms with Gasteiger partial charge in [-0.05, 0) is 31.9 Å². The third kappa shape index (κ3) is 3.38. The van der Waals surface area contributed by atoms with Gasteiger partial charge in [0.25, 0.3) is 0 Å². The van der Waals surface area contributed by atoms with E-state index in [0.717, 1.165) is 6.54 Å². The fourth-order valence-electron chi connectivity index (χ4n) is 2.94. The lowest BCUT2D eigenvalue weighted by atomic mass is 9.97. The van der Waals surface area contributed by atoms with Gasteiger partial charge in [-0.2, -0.15) is 0 Å². The van der Waals surface area contributed by atoms with Gasteiger partial charge < -0.3 is 9.84 Å². The molecule has 1 aromatic rings. The van der Waals surface area contributed by atoms with Crippen LogP contribution in [-0.4, -0.2) is 41.8 Å². The Morgan fingerprint density at radius 2 is 2.25 bits per heavy atom. The molecular formula is C16H23NO3. The van der Waals surface area contributed by atoms with Crippen molar-refractivity contribution >= 4 is 5.97 Å². The molecule has 0 saturated carbocycles. The lowest BCUT2D eigenvalue weighted by Gasteiger charge is -2.39. The number of carbonyl (C=O) groups is 1. The number of aliphatic carboxylic acids is 1. The van der Waals surface area contributed by atoms with E-state index >= 15 is 0 Å². The normalized spacial score (nSPS) is 21.6. The molecule has 0 aliphatic carbocycles. The van der Waals surface area contributed by atoms with Crippen LogP contribution in [0.15, 0.2) is 18.2 Å². The van der Waals surface area contributed by atoms with Gasteiger partial charge in [-0.1, -0.05) is 23.8 Å². The maximum Gasteiger partial charge on any atom is 0.305 e. The van der Waals surface area contributed by atoms with Crippen LogP contribution in [-0.2, 0) is 9.53 Å². The first-order valence-corrected chi connectivity index (χ1v) is 7.11. The van der Waals surface area contributed by atoms with Gasteiger partial charge in [-0.25, -0.2) is 0 Å². The second-order valence-corrected chi connectivity index (χ2v) is 5.60. The average Bonchev–Trinajstić information content (AvgIpc) is 2.41. The molecule has 20 heavy (non-hydrogen) atoms. The molecule has 0 spiro atoms. The van der Waals surface area contributed by atoms with Crippen molar-refractivity contribution in [3.05, 3.63) is 34.9 Å². The van der Waals surface area contributed by atoms with E-state index in [-0.39, 0.29) is 18.5 Å². The molecule has 2 rings (SSSR count). The van der Waals surface area contributed by atoms with E-state index in [1.807, 2.05) is 0 Å². The second kappa shape index (κ2) is 6.37. The highest BCUT2D eigenvalue weighted by atomic mass is 16.5. The number of carboxylic acid groups (broad SMARTS) is 1. The Morgan fingerprint density at radius 3 is 2.95 bits per heavy atom. The molecule has 1 aliphatic heterocycles. The van der Waals surface area contributed by atoms with Gasteiger partial charge >= 0.3 is 5.97 Å². The second-order valence-electron chi connectivity index (χ2n) is 5.60. The van der Waals surface area contributed by atoms with E-state index in [1.165, 1.54) is 16.7 Å². The van der Waals surface area contributed by atoms with Crippen LogP contribution in [0.1, 0.15) is 36.1 Å². The molecule has 1 aliphatic rings. The summed E-state index contributed by atoms with van der Waals surface area (Å²) >= 11 is 0. The summed E-state index contributed by atoms with van der Waals surface area (Å²) < 4.78 is 5.45. The molecule has 4 heteroatoms. The number of hydrogen-bond acceptors (Lipinski definition) is 3. The van der Waals surface area contributed by atoms with E-state index in [2.05, 4.69) is 43.9 Å². The largest absolute Gasteiger partial charge is 0.481 e. The van der Waals surface area contributed by atoms with Gasteiger partial charge in [0.2, 0.25) is 0 Å². The van der Waals surface area contributed by atoms with Gasteiger partial charge in [0.15, 0.2) is 0 Å². The van der Waals surface area contributed by atoms with Crippen LogP contribution >= 0.6 is 0 Å². The standard InChI is InChI=1S/C16H23NO3/c1-11-4-5-12(2)15(8-11)13(3)17-6-7-20-10-14(17)9-16(18)19/h4-5,8,13-14H,6-7,9-10H2,1-3H3,(H,18,19). The summed E-state index contributed by atoms with van der Waals surface area (Å²) in [6.45, 7) is 8.31. The minimum atomic E-state index is -0.765. The van der Waals surface area contributed by atoms with Crippen molar-refractivity contribution in [2.75, 3.05) is 19.8 Å². The highest BCUT2D eigenvalue weighted by Crippen LogP contribution is 2.28. The van der Waals surface area contributed by atoms with E-state index in [4.69, 9.17) is 9.84 Å². The topological polar surface area (TPSA) is 49.8 Å². The fourth-order valence-corrected chi connectivity index (χ4v) is 2.94. The van der Waals surface area contributed by atoms with Crippen molar-refractivity contribution in [1.82, 2.24) is 4.90 Å². The quantitative estimate of drug-likeness (QED) is 0.919. The monoisotopic (exact) mass is 277 g/mol. The highest BCUT2D eigenvalue weighted by molar-refractivity contribution is 5.67. The molecule has 1 aromatic carbocycles. The van der Waals surface area contributed by atoms with Crippen LogP contribution in [0, 0.1) is 13.8 Å². The van der Waals surface area contributed by atoms with Crippen LogP contribution in [0.2, 0.25) is 0 Å². The van der Waals surface area contributed by atoms with E-state index in [0.29, 0.717) is 13.2 Å². The summed E-state index contributed by atoms with van der Waals surface area (Å²) in [5.74, 6) is -0.765. The van der Waals surface area contributed by atoms with Crippen molar-refractivity contribution in [1.29, 1.82) is 0 Å². The molecule has 0 amide bonds. The summed E-state index contributed by atoms with van der Waals surface area (Å²) in [6, 6.07) is 6.61. The average molecular weight is 277 g/mol. The molecule has 1 N–H and O–H groups in total. The molecule has 1 fully saturated rings. The predicted octanol–water partition coefficient (Wildman–Crippen LogP) is 2.54. The Balaban J connectivity index is 2.22. The van der Waals surface area contributed by atoms with Gasteiger partial charge in [0.05, 0.1) is 19.6 Å². The molecule has 110 valence electrons. The molecule has 1 saturated heterocycles. The van der Waals surface area contributed by atoms with Gasteiger partial charge in [-0.3, -0.25) is 9.69 Å². The lowest BCUT2D eigenvalue weighted by Crippen LogP contribution is -2.47. The zero-order valence-corrected chi connectivity index (χ0v) is 12.4. The van der Waals surface area contributed by atoms with Crippen LogP contribution < -0.4 is 0 Å². The zero-order chi connectivity index (χ0) is 14.7. The maximum atomic E-state index is 11.0. The summed E-state index contributed by atoms with van der Waals surface area (Å²) in [4.78, 5) is 13.3. The fraction of sp³-hybridized carbons (Fsp3) is 0.562. The van der Waals surface area contributed by atoms with Crippen LogP contribution in [0.3, 0.4) is 0 Å². The highest BCUT2D eigenvalue weighted by Gasteiger charge is 2.30. The first-order chi connectivity index (χ1) is 9.49. The lowest BCUT2D eigenvalue weighted by molar-refractivity contribution is -0.140. The molecule has 4 nitrogen and oxygen atoms in total. The summed E-state index contributed by atoms with van der Waals surface area (Å²) in [5, 5.41) is 9.05.